The van der Waals surface area contributed by atoms with Crippen LogP contribution in [0, 0.1) is 5.41 Å². The lowest BCUT2D eigenvalue weighted by atomic mass is 9.95. The van der Waals surface area contributed by atoms with Crippen LogP contribution in [-0.2, 0) is 17.1 Å². The van der Waals surface area contributed by atoms with Crippen LogP contribution in [0.5, 0.6) is 0 Å². The molecule has 0 saturated heterocycles. The molecule has 7 nitrogen and oxygen atoms in total. The Balaban J connectivity index is 1.80. The number of hydrogen-bond donors (Lipinski definition) is 1. The highest BCUT2D eigenvalue weighted by atomic mass is 32.2. The van der Waals surface area contributed by atoms with E-state index >= 15 is 0 Å². The topological polar surface area (TPSA) is 81.3 Å². The lowest BCUT2D eigenvalue weighted by Crippen LogP contribution is -2.27. The van der Waals surface area contributed by atoms with Gasteiger partial charge in [-0.2, -0.15) is 9.50 Å². The van der Waals surface area contributed by atoms with E-state index in [-0.39, 0.29) is 11.5 Å². The van der Waals surface area contributed by atoms with E-state index in [9.17, 15) is 9.59 Å². The minimum Gasteiger partial charge on any atom is -0.325 e. The van der Waals surface area contributed by atoms with Crippen LogP contribution in [0.3, 0.4) is 0 Å². The van der Waals surface area contributed by atoms with Crippen molar-refractivity contribution in [2.45, 2.75) is 51.3 Å². The monoisotopic (exact) mass is 399 g/mol. The maximum Gasteiger partial charge on any atom is 0.274 e. The first kappa shape index (κ1) is 20.1. The highest BCUT2D eigenvalue weighted by molar-refractivity contribution is 7.98. The second-order valence-corrected chi connectivity index (χ2v) is 8.61. The van der Waals surface area contributed by atoms with E-state index in [0.29, 0.717) is 23.8 Å². The quantitative estimate of drug-likeness (QED) is 0.641. The van der Waals surface area contributed by atoms with Crippen LogP contribution in [-0.4, -0.2) is 25.1 Å². The first-order valence-electron chi connectivity index (χ1n) is 9.27. The lowest BCUT2D eigenvalue weighted by Gasteiger charge is -2.19. The van der Waals surface area contributed by atoms with Crippen LogP contribution in [0.25, 0.3) is 5.78 Å². The van der Waals surface area contributed by atoms with E-state index in [0.717, 1.165) is 17.0 Å². The maximum atomic E-state index is 12.5. The second kappa shape index (κ2) is 8.18. The predicted molar refractivity (Wildman–Crippen MR) is 112 cm³/mol. The van der Waals surface area contributed by atoms with E-state index in [1.807, 2.05) is 52.0 Å². The Hall–Kier alpha value is -2.61. The van der Waals surface area contributed by atoms with Gasteiger partial charge in [0.05, 0.1) is 11.4 Å². The zero-order chi connectivity index (χ0) is 20.3. The number of amides is 1. The molecule has 2 heterocycles. The average molecular weight is 400 g/mol. The minimum atomic E-state index is -0.476. The SMILES string of the molecule is CCCn1cnc2nc(CSc3ccccc3NC(=O)C(C)(C)C)cc(=O)n21. The Labute approximate surface area is 168 Å². The van der Waals surface area contributed by atoms with Gasteiger partial charge in [-0.3, -0.25) is 14.3 Å². The Bertz CT molecular complexity index is 1050. The normalized spacial score (nSPS) is 11.7. The van der Waals surface area contributed by atoms with Crippen molar-refractivity contribution in [2.24, 2.45) is 5.41 Å². The van der Waals surface area contributed by atoms with Gasteiger partial charge in [-0.05, 0) is 18.6 Å². The fraction of sp³-hybridized carbons (Fsp3) is 0.400. The van der Waals surface area contributed by atoms with Gasteiger partial charge in [0.15, 0.2) is 0 Å². The molecule has 0 spiro atoms. The molecule has 0 unspecified atom stereocenters. The van der Waals surface area contributed by atoms with E-state index in [4.69, 9.17) is 0 Å². The molecule has 1 N–H and O–H groups in total. The smallest absolute Gasteiger partial charge is 0.274 e. The van der Waals surface area contributed by atoms with Crippen molar-refractivity contribution < 1.29 is 4.79 Å². The van der Waals surface area contributed by atoms with E-state index in [1.165, 1.54) is 16.3 Å². The minimum absolute atomic E-state index is 0.0418. The van der Waals surface area contributed by atoms with Crippen molar-refractivity contribution in [2.75, 3.05) is 5.32 Å². The number of nitrogens with one attached hydrogen (secondary N) is 1. The summed E-state index contributed by atoms with van der Waals surface area (Å²) in [6.45, 7) is 8.39. The maximum absolute atomic E-state index is 12.5. The Morgan fingerprint density at radius 2 is 2.00 bits per heavy atom. The summed E-state index contributed by atoms with van der Waals surface area (Å²) in [7, 11) is 0. The summed E-state index contributed by atoms with van der Waals surface area (Å²) in [5.74, 6) is 0.875. The van der Waals surface area contributed by atoms with Gasteiger partial charge < -0.3 is 5.32 Å². The number of carbonyl (C=O) groups excluding carboxylic acids is 1. The summed E-state index contributed by atoms with van der Waals surface area (Å²) in [6.07, 6.45) is 2.55. The van der Waals surface area contributed by atoms with Crippen LogP contribution in [0.4, 0.5) is 5.69 Å². The number of thioether (sulfide) groups is 1. The summed E-state index contributed by atoms with van der Waals surface area (Å²) in [6, 6.07) is 9.19. The summed E-state index contributed by atoms with van der Waals surface area (Å²) in [4.78, 5) is 34.5. The fourth-order valence-corrected chi connectivity index (χ4v) is 3.52. The van der Waals surface area contributed by atoms with Gasteiger partial charge in [0.1, 0.15) is 6.33 Å². The van der Waals surface area contributed by atoms with Crippen LogP contribution in [0.1, 0.15) is 39.8 Å². The standard InChI is InChI=1S/C20H25N5O2S/c1-5-10-24-13-21-19-22-14(11-17(26)25(19)24)12-28-16-9-7-6-8-15(16)23-18(27)20(2,3)4/h6-9,11,13H,5,10,12H2,1-4H3,(H,23,27). The molecule has 3 rings (SSSR count). The largest absolute Gasteiger partial charge is 0.325 e. The molecule has 2 aromatic heterocycles. The van der Waals surface area contributed by atoms with Crippen molar-refractivity contribution in [1.29, 1.82) is 0 Å². The van der Waals surface area contributed by atoms with Gasteiger partial charge in [-0.15, -0.1) is 11.8 Å². The van der Waals surface area contributed by atoms with Crippen LogP contribution >= 0.6 is 11.8 Å². The van der Waals surface area contributed by atoms with Gasteiger partial charge in [-0.1, -0.05) is 39.8 Å². The Kier molecular flexibility index (Phi) is 5.88. The number of benzene rings is 1. The Morgan fingerprint density at radius 3 is 2.71 bits per heavy atom. The molecule has 0 aliphatic rings. The molecule has 3 aromatic rings. The number of rotatable bonds is 6. The van der Waals surface area contributed by atoms with E-state index in [1.54, 1.807) is 17.1 Å². The molecule has 8 heteroatoms. The van der Waals surface area contributed by atoms with Gasteiger partial charge >= 0.3 is 0 Å². The molecule has 0 saturated carbocycles. The van der Waals surface area contributed by atoms with Crippen LogP contribution in [0.15, 0.2) is 46.3 Å². The van der Waals surface area contributed by atoms with Crippen molar-refractivity contribution in [1.82, 2.24) is 19.2 Å². The third kappa shape index (κ3) is 4.44. The van der Waals surface area contributed by atoms with Gasteiger partial charge in [-0.25, -0.2) is 4.98 Å². The third-order valence-corrected chi connectivity index (χ3v) is 5.25. The summed E-state index contributed by atoms with van der Waals surface area (Å²) < 4.78 is 3.27. The van der Waals surface area contributed by atoms with Gasteiger partial charge in [0, 0.05) is 28.7 Å². The number of aromatic nitrogens is 4. The average Bonchev–Trinajstić information content (AvgIpc) is 3.04. The zero-order valence-corrected chi connectivity index (χ0v) is 17.4. The molecule has 0 bridgehead atoms. The molecular weight excluding hydrogens is 374 g/mol. The predicted octanol–water partition coefficient (Wildman–Crippen LogP) is 3.58. The summed E-state index contributed by atoms with van der Waals surface area (Å²) >= 11 is 1.53. The molecule has 0 aliphatic carbocycles. The first-order valence-corrected chi connectivity index (χ1v) is 10.3. The Morgan fingerprint density at radius 1 is 1.25 bits per heavy atom. The number of carbonyl (C=O) groups is 1. The number of hydrogen-bond acceptors (Lipinski definition) is 5. The molecule has 0 fully saturated rings. The number of anilines is 1. The first-order chi connectivity index (χ1) is 13.3. The van der Waals surface area contributed by atoms with Gasteiger partial charge in [0.2, 0.25) is 5.91 Å². The molecule has 0 aliphatic heterocycles. The lowest BCUT2D eigenvalue weighted by molar-refractivity contribution is -0.123. The highest BCUT2D eigenvalue weighted by Gasteiger charge is 2.22. The summed E-state index contributed by atoms with van der Waals surface area (Å²) in [5.41, 5.74) is 0.808. The number of para-hydroxylation sites is 1. The van der Waals surface area contributed by atoms with Crippen molar-refractivity contribution in [3.8, 4) is 0 Å². The molecule has 28 heavy (non-hydrogen) atoms. The fourth-order valence-electron chi connectivity index (χ4n) is 2.62. The molecular formula is C20H25N5O2S. The highest BCUT2D eigenvalue weighted by Crippen LogP contribution is 2.30. The number of aryl methyl sites for hydroxylation is 1. The van der Waals surface area contributed by atoms with Crippen LogP contribution < -0.4 is 10.9 Å². The van der Waals surface area contributed by atoms with E-state index < -0.39 is 5.41 Å². The second-order valence-electron chi connectivity index (χ2n) is 7.59. The van der Waals surface area contributed by atoms with Gasteiger partial charge in [0.25, 0.3) is 11.3 Å². The zero-order valence-electron chi connectivity index (χ0n) is 16.6. The molecule has 0 radical (unpaired) electrons. The molecule has 148 valence electrons. The third-order valence-electron chi connectivity index (χ3n) is 4.14. The number of fused-ring (bicyclic) bond motifs is 1. The summed E-state index contributed by atoms with van der Waals surface area (Å²) in [5, 5.41) is 2.98. The van der Waals surface area contributed by atoms with Crippen molar-refractivity contribution in [3.05, 3.63) is 52.7 Å². The molecule has 0 atom stereocenters. The van der Waals surface area contributed by atoms with E-state index in [2.05, 4.69) is 15.3 Å². The van der Waals surface area contributed by atoms with Crippen molar-refractivity contribution >= 4 is 29.1 Å². The number of nitrogens with zero attached hydrogens (tertiary/aromatic N) is 4. The van der Waals surface area contributed by atoms with Crippen molar-refractivity contribution in [3.63, 3.8) is 0 Å². The molecule has 1 aromatic carbocycles. The van der Waals surface area contributed by atoms with Crippen LogP contribution in [0.2, 0.25) is 0 Å². The molecule has 1 amide bonds.